The molecule has 1 aliphatic heterocycles. The van der Waals surface area contributed by atoms with Crippen molar-refractivity contribution in [1.82, 2.24) is 9.88 Å². The summed E-state index contributed by atoms with van der Waals surface area (Å²) >= 11 is 1.70. The molecule has 1 aromatic carbocycles. The van der Waals surface area contributed by atoms with Crippen molar-refractivity contribution in [3.05, 3.63) is 53.2 Å². The Morgan fingerprint density at radius 3 is 2.59 bits per heavy atom. The lowest BCUT2D eigenvalue weighted by Crippen LogP contribution is -2.24. The number of aryl methyl sites for hydroxylation is 1. The Hall–Kier alpha value is -2.13. The molecule has 184 valence electrons. The molecule has 4 rings (SSSR count). The Kier molecular flexibility index (Phi) is 7.82. The van der Waals surface area contributed by atoms with Crippen LogP contribution in [-0.4, -0.2) is 46.0 Å². The highest BCUT2D eigenvalue weighted by Gasteiger charge is 2.43. The van der Waals surface area contributed by atoms with Crippen LogP contribution < -0.4 is 0 Å². The zero-order valence-corrected chi connectivity index (χ0v) is 20.6. The maximum atomic E-state index is 12.9. The van der Waals surface area contributed by atoms with E-state index in [9.17, 15) is 13.2 Å². The molecule has 0 bridgehead atoms. The molecule has 0 spiro atoms. The van der Waals surface area contributed by atoms with Gasteiger partial charge in [-0.15, -0.1) is 16.9 Å². The average Bonchev–Trinajstić information content (AvgIpc) is 3.50. The molecule has 9 heteroatoms. The Bertz CT molecular complexity index is 1030. The van der Waals surface area contributed by atoms with Crippen LogP contribution in [0.25, 0.3) is 0 Å². The van der Waals surface area contributed by atoms with Gasteiger partial charge in [0.2, 0.25) is 0 Å². The van der Waals surface area contributed by atoms with Gasteiger partial charge in [0.25, 0.3) is 0 Å². The van der Waals surface area contributed by atoms with E-state index >= 15 is 0 Å². The lowest BCUT2D eigenvalue weighted by molar-refractivity contribution is -0.137. The summed E-state index contributed by atoms with van der Waals surface area (Å²) < 4.78 is 44.0. The first kappa shape index (κ1) is 25.0. The summed E-state index contributed by atoms with van der Waals surface area (Å²) in [5, 5.41) is 9.47. The number of benzene rings is 1. The third-order valence-corrected chi connectivity index (χ3v) is 7.94. The number of alkyl halides is 3. The molecular weight excluding hydrogens is 461 g/mol. The number of thioether (sulfide) groups is 1. The number of oxazole rings is 1. The van der Waals surface area contributed by atoms with Crippen LogP contribution in [0.1, 0.15) is 61.6 Å². The number of fused-ring (bicyclic) bond motifs is 1. The van der Waals surface area contributed by atoms with E-state index in [1.807, 2.05) is 20.8 Å². The van der Waals surface area contributed by atoms with Crippen molar-refractivity contribution in [2.24, 2.45) is 22.0 Å². The van der Waals surface area contributed by atoms with Crippen molar-refractivity contribution in [1.29, 1.82) is 0 Å². The minimum absolute atomic E-state index is 0.370. The fourth-order valence-corrected chi connectivity index (χ4v) is 5.92. The molecule has 3 atom stereocenters. The summed E-state index contributed by atoms with van der Waals surface area (Å²) in [7, 11) is 0. The quantitative estimate of drug-likeness (QED) is 0.194. The average molecular weight is 493 g/mol. The molecule has 1 saturated heterocycles. The first-order valence-corrected chi connectivity index (χ1v) is 12.7. The molecule has 0 amide bonds. The molecule has 0 unspecified atom stereocenters. The van der Waals surface area contributed by atoms with Gasteiger partial charge in [0.15, 0.2) is 12.2 Å². The van der Waals surface area contributed by atoms with Crippen LogP contribution in [0.3, 0.4) is 0 Å². The summed E-state index contributed by atoms with van der Waals surface area (Å²) in [4.78, 5) is 6.59. The van der Waals surface area contributed by atoms with Gasteiger partial charge < -0.3 is 9.32 Å². The summed E-state index contributed by atoms with van der Waals surface area (Å²) in [5.41, 5.74) is 2.00. The third kappa shape index (κ3) is 5.92. The fraction of sp³-hybridized carbons (Fsp3) is 0.560. The predicted octanol–water partition coefficient (Wildman–Crippen LogP) is 6.39. The second-order valence-electron chi connectivity index (χ2n) is 9.26. The van der Waals surface area contributed by atoms with Crippen molar-refractivity contribution < 1.29 is 17.6 Å². The lowest BCUT2D eigenvalue weighted by atomic mass is 9.86. The van der Waals surface area contributed by atoms with Gasteiger partial charge in [-0.2, -0.15) is 18.3 Å². The lowest BCUT2D eigenvalue weighted by Gasteiger charge is -2.21. The topological polar surface area (TPSA) is 54.0 Å². The standard InChI is InChI=1S/C25H31F3N4OS/c1-16-24(33-15-29-16)17(2)30-31-18(3)34-12-4-11-32-13-20-7-10-22(23(20)14-32)19-5-8-21(9-6-19)25(26,27)28/h5-6,8-9,15,20,22-23H,4,7,10-14H2,1-3H3/b30-17+,31-18+/t20-,22-,23+/m1/s1. The Morgan fingerprint density at radius 2 is 1.91 bits per heavy atom. The largest absolute Gasteiger partial charge is 0.442 e. The highest BCUT2D eigenvalue weighted by Crippen LogP contribution is 2.47. The smallest absolute Gasteiger partial charge is 0.416 e. The fourth-order valence-electron chi connectivity index (χ4n) is 5.25. The Morgan fingerprint density at radius 1 is 1.15 bits per heavy atom. The maximum absolute atomic E-state index is 12.9. The van der Waals surface area contributed by atoms with Gasteiger partial charge in [0.1, 0.15) is 5.71 Å². The van der Waals surface area contributed by atoms with Crippen molar-refractivity contribution in [3.8, 4) is 0 Å². The molecule has 1 aliphatic carbocycles. The zero-order valence-electron chi connectivity index (χ0n) is 19.8. The second kappa shape index (κ2) is 10.6. The van der Waals surface area contributed by atoms with Gasteiger partial charge in [-0.05, 0) is 82.0 Å². The normalized spacial score (nSPS) is 24.1. The molecule has 2 heterocycles. The van der Waals surface area contributed by atoms with Crippen molar-refractivity contribution in [2.45, 2.75) is 52.1 Å². The van der Waals surface area contributed by atoms with E-state index in [1.165, 1.54) is 18.5 Å². The van der Waals surface area contributed by atoms with Gasteiger partial charge in [0.05, 0.1) is 16.3 Å². The third-order valence-electron chi connectivity index (χ3n) is 6.94. The van der Waals surface area contributed by atoms with E-state index < -0.39 is 11.7 Å². The van der Waals surface area contributed by atoms with Crippen LogP contribution in [0.15, 0.2) is 45.3 Å². The van der Waals surface area contributed by atoms with Crippen molar-refractivity contribution in [2.75, 3.05) is 25.4 Å². The van der Waals surface area contributed by atoms with Crippen molar-refractivity contribution in [3.63, 3.8) is 0 Å². The molecule has 0 N–H and O–H groups in total. The van der Waals surface area contributed by atoms with Crippen molar-refractivity contribution >= 4 is 22.5 Å². The van der Waals surface area contributed by atoms with Crippen LogP contribution in [0.4, 0.5) is 13.2 Å². The van der Waals surface area contributed by atoms with E-state index in [0.29, 0.717) is 29.2 Å². The highest BCUT2D eigenvalue weighted by molar-refractivity contribution is 8.13. The minimum atomic E-state index is -4.27. The first-order valence-electron chi connectivity index (χ1n) is 11.7. The number of aromatic nitrogens is 1. The van der Waals surface area contributed by atoms with Crippen LogP contribution in [-0.2, 0) is 6.18 Å². The van der Waals surface area contributed by atoms with E-state index in [0.717, 1.165) is 61.0 Å². The van der Waals surface area contributed by atoms with Crippen LogP contribution in [0, 0.1) is 18.8 Å². The monoisotopic (exact) mass is 492 g/mol. The van der Waals surface area contributed by atoms with Crippen LogP contribution >= 0.6 is 11.8 Å². The highest BCUT2D eigenvalue weighted by atomic mass is 32.2. The Balaban J connectivity index is 1.22. The molecule has 0 radical (unpaired) electrons. The molecule has 2 aromatic rings. The number of rotatable bonds is 7. The maximum Gasteiger partial charge on any atom is 0.416 e. The molecule has 1 aromatic heterocycles. The molecule has 2 fully saturated rings. The number of likely N-dealkylation sites (tertiary alicyclic amines) is 1. The summed E-state index contributed by atoms with van der Waals surface area (Å²) in [6, 6.07) is 5.83. The van der Waals surface area contributed by atoms with Gasteiger partial charge >= 0.3 is 6.18 Å². The molecular formula is C25H31F3N4OS. The first-order chi connectivity index (χ1) is 16.2. The summed E-state index contributed by atoms with van der Waals surface area (Å²) in [6.45, 7) is 8.86. The SMILES string of the molecule is C/C(=N\N=C(/C)c1ocnc1C)SCCCN1C[C@H]2CC[C@H](c3ccc(C(F)(F)F)cc3)[C@H]2C1. The van der Waals surface area contributed by atoms with E-state index in [4.69, 9.17) is 4.42 Å². The zero-order chi connectivity index (χ0) is 24.3. The molecule has 5 nitrogen and oxygen atoms in total. The van der Waals surface area contributed by atoms with E-state index in [-0.39, 0.29) is 0 Å². The second-order valence-corrected chi connectivity index (χ2v) is 10.5. The predicted molar refractivity (Wildman–Crippen MR) is 130 cm³/mol. The molecule has 2 aliphatic rings. The van der Waals surface area contributed by atoms with Gasteiger partial charge in [-0.3, -0.25) is 0 Å². The molecule has 1 saturated carbocycles. The van der Waals surface area contributed by atoms with Gasteiger partial charge in [-0.25, -0.2) is 4.98 Å². The number of halogens is 3. The molecule has 34 heavy (non-hydrogen) atoms. The van der Waals surface area contributed by atoms with Gasteiger partial charge in [0, 0.05) is 18.8 Å². The van der Waals surface area contributed by atoms with Crippen LogP contribution in [0.5, 0.6) is 0 Å². The summed E-state index contributed by atoms with van der Waals surface area (Å²) in [5.74, 6) is 3.20. The van der Waals surface area contributed by atoms with Crippen LogP contribution in [0.2, 0.25) is 0 Å². The Labute approximate surface area is 202 Å². The summed E-state index contributed by atoms with van der Waals surface area (Å²) in [6.07, 6.45) is 0.436. The minimum Gasteiger partial charge on any atom is -0.442 e. The van der Waals surface area contributed by atoms with E-state index in [1.54, 1.807) is 23.9 Å². The number of hydrogen-bond donors (Lipinski definition) is 0. The number of nitrogens with zero attached hydrogens (tertiary/aromatic N) is 4. The van der Waals surface area contributed by atoms with E-state index in [2.05, 4.69) is 20.1 Å². The van der Waals surface area contributed by atoms with Gasteiger partial charge in [-0.1, -0.05) is 12.1 Å². The number of hydrogen-bond acceptors (Lipinski definition) is 6.